The number of ether oxygens (including phenoxy) is 2. The molecule has 11 heteroatoms. The molecule has 216 valence electrons. The molecule has 1 fully saturated rings. The third-order valence-corrected chi connectivity index (χ3v) is 6.47. The molecule has 39 heavy (non-hydrogen) atoms. The first-order chi connectivity index (χ1) is 18.0. The molecule has 1 aromatic rings. The smallest absolute Gasteiger partial charge is 0.410 e. The van der Waals surface area contributed by atoms with Crippen LogP contribution in [0.1, 0.15) is 65.2 Å². The van der Waals surface area contributed by atoms with Gasteiger partial charge in [-0.1, -0.05) is 39.0 Å². The van der Waals surface area contributed by atoms with E-state index >= 15 is 0 Å². The van der Waals surface area contributed by atoms with Crippen LogP contribution < -0.4 is 10.6 Å². The summed E-state index contributed by atoms with van der Waals surface area (Å²) in [5.74, 6) is -1.98. The van der Waals surface area contributed by atoms with E-state index in [0.717, 1.165) is 4.90 Å². The van der Waals surface area contributed by atoms with E-state index in [1.807, 2.05) is 0 Å². The Balaban J connectivity index is 2.23. The standard InChI is InChI=1S/C28H42N4O7/c1-17(31(8)26(37)39-28(5,6)7)22(33)30-21(27(2,3)4)24(35)32-16-19(15-20(32)25(36)38-9)29-23(34)18-13-11-10-12-14-18/h10-14,17,19-21H,15-16H2,1-9H3,(H,29,34)(H,30,33)/t17-,19-,20-,21+/m0/s1. The largest absolute Gasteiger partial charge is 0.467 e. The van der Waals surface area contributed by atoms with Gasteiger partial charge in [0.1, 0.15) is 23.7 Å². The first-order valence-corrected chi connectivity index (χ1v) is 13.0. The molecule has 0 saturated carbocycles. The highest BCUT2D eigenvalue weighted by molar-refractivity contribution is 5.96. The lowest BCUT2D eigenvalue weighted by Gasteiger charge is -2.36. The number of esters is 1. The summed E-state index contributed by atoms with van der Waals surface area (Å²) in [7, 11) is 2.68. The van der Waals surface area contributed by atoms with Gasteiger partial charge in [0.05, 0.1) is 7.11 Å². The summed E-state index contributed by atoms with van der Waals surface area (Å²) in [5.41, 5.74) is -1.03. The molecule has 0 spiro atoms. The number of nitrogens with one attached hydrogen (secondary N) is 2. The topological polar surface area (TPSA) is 134 Å². The number of nitrogens with zero attached hydrogens (tertiary/aromatic N) is 2. The Hall–Kier alpha value is -3.63. The second-order valence-electron chi connectivity index (χ2n) is 11.9. The van der Waals surface area contributed by atoms with Gasteiger partial charge in [-0.2, -0.15) is 0 Å². The lowest BCUT2D eigenvalue weighted by Crippen LogP contribution is -2.59. The van der Waals surface area contributed by atoms with Crippen molar-refractivity contribution in [2.75, 3.05) is 20.7 Å². The zero-order valence-electron chi connectivity index (χ0n) is 24.4. The third-order valence-electron chi connectivity index (χ3n) is 6.47. The third kappa shape index (κ3) is 8.43. The van der Waals surface area contributed by atoms with Crippen molar-refractivity contribution in [3.63, 3.8) is 0 Å². The first-order valence-electron chi connectivity index (χ1n) is 13.0. The maximum atomic E-state index is 13.9. The second-order valence-corrected chi connectivity index (χ2v) is 11.9. The van der Waals surface area contributed by atoms with Crippen LogP contribution in [0.5, 0.6) is 0 Å². The summed E-state index contributed by atoms with van der Waals surface area (Å²) in [6.07, 6.45) is -0.509. The van der Waals surface area contributed by atoms with E-state index in [2.05, 4.69) is 10.6 Å². The molecule has 0 aliphatic carbocycles. The van der Waals surface area contributed by atoms with E-state index < -0.39 is 59.1 Å². The molecule has 4 atom stereocenters. The van der Waals surface area contributed by atoms with Crippen molar-refractivity contribution in [2.24, 2.45) is 5.41 Å². The highest BCUT2D eigenvalue weighted by Gasteiger charge is 2.46. The Bertz CT molecular complexity index is 1060. The lowest BCUT2D eigenvalue weighted by molar-refractivity contribution is -0.153. The molecule has 4 amide bonds. The first kappa shape index (κ1) is 31.6. The van der Waals surface area contributed by atoms with Crippen LogP contribution in [0.3, 0.4) is 0 Å². The van der Waals surface area contributed by atoms with Crippen molar-refractivity contribution in [3.05, 3.63) is 35.9 Å². The minimum Gasteiger partial charge on any atom is -0.467 e. The van der Waals surface area contributed by atoms with Gasteiger partial charge in [-0.25, -0.2) is 9.59 Å². The molecule has 1 heterocycles. The van der Waals surface area contributed by atoms with Crippen molar-refractivity contribution < 1.29 is 33.4 Å². The molecular weight excluding hydrogens is 504 g/mol. The van der Waals surface area contributed by atoms with E-state index in [9.17, 15) is 24.0 Å². The van der Waals surface area contributed by atoms with Crippen LogP contribution in [-0.4, -0.2) is 90.1 Å². The maximum absolute atomic E-state index is 13.9. The van der Waals surface area contributed by atoms with Crippen LogP contribution in [0, 0.1) is 5.41 Å². The van der Waals surface area contributed by atoms with E-state index in [1.165, 1.54) is 26.0 Å². The number of likely N-dealkylation sites (N-methyl/N-ethyl adjacent to an activating group) is 1. The number of carbonyl (C=O) groups is 5. The van der Waals surface area contributed by atoms with E-state index in [4.69, 9.17) is 9.47 Å². The fraction of sp³-hybridized carbons (Fsp3) is 0.607. The molecule has 1 saturated heterocycles. The number of benzene rings is 1. The summed E-state index contributed by atoms with van der Waals surface area (Å²) >= 11 is 0. The Kier molecular flexibility index (Phi) is 10.1. The van der Waals surface area contributed by atoms with Crippen molar-refractivity contribution >= 4 is 29.8 Å². The van der Waals surface area contributed by atoms with Crippen LogP contribution in [0.15, 0.2) is 30.3 Å². The molecular formula is C28H42N4O7. The zero-order valence-corrected chi connectivity index (χ0v) is 24.4. The predicted octanol–water partition coefficient (Wildman–Crippen LogP) is 2.35. The van der Waals surface area contributed by atoms with Crippen LogP contribution in [0.25, 0.3) is 0 Å². The Labute approximate surface area is 230 Å². The SMILES string of the molecule is COC(=O)[C@@H]1C[C@H](NC(=O)c2ccccc2)CN1C(=O)[C@@H](NC(=O)[C@H](C)N(C)C(=O)OC(C)(C)C)C(C)(C)C. The number of rotatable bonds is 7. The summed E-state index contributed by atoms with van der Waals surface area (Å²) in [5, 5.41) is 5.66. The molecule has 0 aromatic heterocycles. The lowest BCUT2D eigenvalue weighted by atomic mass is 9.85. The van der Waals surface area contributed by atoms with E-state index in [-0.39, 0.29) is 18.9 Å². The fourth-order valence-corrected chi connectivity index (χ4v) is 4.15. The van der Waals surface area contributed by atoms with Gasteiger partial charge < -0.3 is 25.0 Å². The minimum atomic E-state index is -1.03. The second kappa shape index (κ2) is 12.5. The zero-order chi connectivity index (χ0) is 29.7. The molecule has 0 unspecified atom stereocenters. The van der Waals surface area contributed by atoms with E-state index in [0.29, 0.717) is 5.56 Å². The molecule has 2 rings (SSSR count). The predicted molar refractivity (Wildman–Crippen MR) is 145 cm³/mol. The van der Waals surface area contributed by atoms with E-state index in [1.54, 1.807) is 71.9 Å². The minimum absolute atomic E-state index is 0.0625. The Morgan fingerprint density at radius 1 is 1.03 bits per heavy atom. The Morgan fingerprint density at radius 2 is 1.62 bits per heavy atom. The molecule has 11 nitrogen and oxygen atoms in total. The van der Waals surface area contributed by atoms with Crippen LogP contribution in [0.2, 0.25) is 0 Å². The van der Waals surface area contributed by atoms with Crippen molar-refractivity contribution in [1.29, 1.82) is 0 Å². The number of hydrogen-bond acceptors (Lipinski definition) is 7. The van der Waals surface area contributed by atoms with Gasteiger partial charge in [0.2, 0.25) is 11.8 Å². The van der Waals surface area contributed by atoms with Crippen molar-refractivity contribution in [1.82, 2.24) is 20.4 Å². The molecule has 2 N–H and O–H groups in total. The maximum Gasteiger partial charge on any atom is 0.410 e. The monoisotopic (exact) mass is 546 g/mol. The highest BCUT2D eigenvalue weighted by Crippen LogP contribution is 2.27. The highest BCUT2D eigenvalue weighted by atomic mass is 16.6. The quantitative estimate of drug-likeness (QED) is 0.502. The van der Waals surface area contributed by atoms with Crippen LogP contribution in [-0.2, 0) is 23.9 Å². The number of methoxy groups -OCH3 is 1. The Morgan fingerprint density at radius 3 is 2.13 bits per heavy atom. The number of amides is 4. The number of carbonyl (C=O) groups excluding carboxylic acids is 5. The van der Waals surface area contributed by atoms with Crippen LogP contribution >= 0.6 is 0 Å². The molecule has 0 radical (unpaired) electrons. The number of likely N-dealkylation sites (tertiary alicyclic amines) is 1. The molecule has 1 aliphatic rings. The average Bonchev–Trinajstić information content (AvgIpc) is 3.27. The fourth-order valence-electron chi connectivity index (χ4n) is 4.15. The van der Waals surface area contributed by atoms with Gasteiger partial charge in [0.25, 0.3) is 5.91 Å². The molecule has 0 bridgehead atoms. The van der Waals surface area contributed by atoms with Crippen molar-refractivity contribution in [2.45, 2.75) is 84.7 Å². The summed E-state index contributed by atoms with van der Waals surface area (Å²) in [4.78, 5) is 67.4. The molecule has 1 aliphatic heterocycles. The summed E-state index contributed by atoms with van der Waals surface area (Å²) in [6, 6.07) is 5.22. The van der Waals surface area contributed by atoms with Gasteiger partial charge in [0, 0.05) is 31.6 Å². The normalized spacial score (nSPS) is 18.9. The summed E-state index contributed by atoms with van der Waals surface area (Å²) < 4.78 is 10.3. The summed E-state index contributed by atoms with van der Waals surface area (Å²) in [6.45, 7) is 12.1. The van der Waals surface area contributed by atoms with Gasteiger partial charge >= 0.3 is 12.1 Å². The van der Waals surface area contributed by atoms with Gasteiger partial charge in [-0.3, -0.25) is 19.3 Å². The van der Waals surface area contributed by atoms with Crippen LogP contribution in [0.4, 0.5) is 4.79 Å². The number of hydrogen-bond donors (Lipinski definition) is 2. The van der Waals surface area contributed by atoms with Gasteiger partial charge in [0.15, 0.2) is 0 Å². The average molecular weight is 547 g/mol. The molecule has 1 aromatic carbocycles. The van der Waals surface area contributed by atoms with Gasteiger partial charge in [-0.15, -0.1) is 0 Å². The van der Waals surface area contributed by atoms with Gasteiger partial charge in [-0.05, 0) is 45.2 Å². The van der Waals surface area contributed by atoms with Crippen molar-refractivity contribution in [3.8, 4) is 0 Å².